The summed E-state index contributed by atoms with van der Waals surface area (Å²) in [4.78, 5) is 4.43. The van der Waals surface area contributed by atoms with Crippen LogP contribution in [0.25, 0.3) is 5.57 Å². The van der Waals surface area contributed by atoms with Crippen LogP contribution in [0.3, 0.4) is 0 Å². The number of rotatable bonds is 1. The summed E-state index contributed by atoms with van der Waals surface area (Å²) < 4.78 is 0. The van der Waals surface area contributed by atoms with E-state index in [9.17, 15) is 5.26 Å². The molecule has 0 bridgehead atoms. The van der Waals surface area contributed by atoms with Gasteiger partial charge in [-0.3, -0.25) is 4.98 Å². The Hall–Kier alpha value is -1.88. The Kier molecular flexibility index (Phi) is 4.29. The largest absolute Gasteiger partial charge is 0.264 e. The Morgan fingerprint density at radius 3 is 2.48 bits per heavy atom. The van der Waals surface area contributed by atoms with E-state index >= 15 is 0 Å². The smallest absolute Gasteiger partial charge is 0.0949 e. The molecule has 5 rings (SSSR count). The van der Waals surface area contributed by atoms with Gasteiger partial charge in [0.2, 0.25) is 0 Å². The first kappa shape index (κ1) is 21.0. The van der Waals surface area contributed by atoms with E-state index in [0.29, 0.717) is 11.8 Å². The number of pyridine rings is 1. The molecule has 0 radical (unpaired) electrons. The Bertz CT molecular complexity index is 1010. The second kappa shape index (κ2) is 6.34. The van der Waals surface area contributed by atoms with Crippen LogP contribution in [0.1, 0.15) is 85.6 Å². The highest BCUT2D eigenvalue weighted by molar-refractivity contribution is 5.73. The van der Waals surface area contributed by atoms with E-state index in [1.54, 1.807) is 0 Å². The molecule has 0 saturated heterocycles. The molecule has 0 spiro atoms. The summed E-state index contributed by atoms with van der Waals surface area (Å²) in [5.41, 5.74) is 4.45. The zero-order valence-corrected chi connectivity index (χ0v) is 20.3. The van der Waals surface area contributed by atoms with Gasteiger partial charge in [-0.25, -0.2) is 0 Å². The molecule has 4 aliphatic rings. The van der Waals surface area contributed by atoms with Crippen LogP contribution in [0.15, 0.2) is 42.3 Å². The monoisotopic (exact) mass is 414 g/mol. The van der Waals surface area contributed by atoms with Crippen molar-refractivity contribution in [1.82, 2.24) is 4.98 Å². The highest BCUT2D eigenvalue weighted by Gasteiger charge is 2.71. The SMILES string of the molecule is C[C@H]1CC[C@]2(C)[C@@]3(C)CC[C@]4(C)C(c5cccnc5)=CC[C@@]4(C)[C@@H]3C=C(C#N)[C@@]2(C)C1. The van der Waals surface area contributed by atoms with Crippen molar-refractivity contribution in [3.05, 3.63) is 47.8 Å². The van der Waals surface area contributed by atoms with Crippen LogP contribution < -0.4 is 0 Å². The molecule has 0 amide bonds. The number of hydrogen-bond acceptors (Lipinski definition) is 2. The third kappa shape index (κ3) is 2.31. The first-order chi connectivity index (χ1) is 14.6. The van der Waals surface area contributed by atoms with Crippen molar-refractivity contribution < 1.29 is 0 Å². The van der Waals surface area contributed by atoms with E-state index in [2.05, 4.69) is 76.9 Å². The maximum absolute atomic E-state index is 10.3. The summed E-state index contributed by atoms with van der Waals surface area (Å²) in [6, 6.07) is 7.01. The second-order valence-electron chi connectivity index (χ2n) is 12.4. The summed E-state index contributed by atoms with van der Waals surface area (Å²) in [7, 11) is 0. The quantitative estimate of drug-likeness (QED) is 0.474. The summed E-state index contributed by atoms with van der Waals surface area (Å²) in [5.74, 6) is 1.12. The first-order valence-electron chi connectivity index (χ1n) is 12.3. The Morgan fingerprint density at radius 2 is 1.81 bits per heavy atom. The number of aromatic nitrogens is 1. The van der Waals surface area contributed by atoms with E-state index < -0.39 is 0 Å². The predicted octanol–water partition coefficient (Wildman–Crippen LogP) is 7.59. The lowest BCUT2D eigenvalue weighted by Gasteiger charge is -2.71. The van der Waals surface area contributed by atoms with Gasteiger partial charge in [0.25, 0.3) is 0 Å². The van der Waals surface area contributed by atoms with E-state index in [0.717, 1.165) is 18.4 Å². The van der Waals surface area contributed by atoms with E-state index in [-0.39, 0.29) is 27.1 Å². The van der Waals surface area contributed by atoms with Crippen molar-refractivity contribution in [2.45, 2.75) is 80.1 Å². The fourth-order valence-corrected chi connectivity index (χ4v) is 8.95. The zero-order valence-electron chi connectivity index (χ0n) is 20.3. The summed E-state index contributed by atoms with van der Waals surface area (Å²) in [6.07, 6.45) is 16.1. The molecule has 7 atom stereocenters. The molecule has 31 heavy (non-hydrogen) atoms. The number of allylic oxidation sites excluding steroid dienone is 4. The van der Waals surface area contributed by atoms with Gasteiger partial charge in [-0.15, -0.1) is 0 Å². The van der Waals surface area contributed by atoms with Gasteiger partial charge >= 0.3 is 0 Å². The van der Waals surface area contributed by atoms with Gasteiger partial charge in [0.1, 0.15) is 0 Å². The number of fused-ring (bicyclic) bond motifs is 5. The van der Waals surface area contributed by atoms with Crippen LogP contribution in [-0.2, 0) is 0 Å². The highest BCUT2D eigenvalue weighted by Crippen LogP contribution is 2.78. The maximum atomic E-state index is 10.3. The molecule has 2 nitrogen and oxygen atoms in total. The number of hydrogen-bond donors (Lipinski definition) is 0. The van der Waals surface area contributed by atoms with Crippen LogP contribution in [0, 0.1) is 50.2 Å². The lowest BCUT2D eigenvalue weighted by atomic mass is 9.32. The van der Waals surface area contributed by atoms with Gasteiger partial charge in [0.05, 0.1) is 6.07 Å². The number of nitrogens with zero attached hydrogens (tertiary/aromatic N) is 2. The van der Waals surface area contributed by atoms with Crippen LogP contribution >= 0.6 is 0 Å². The average molecular weight is 415 g/mol. The predicted molar refractivity (Wildman–Crippen MR) is 127 cm³/mol. The van der Waals surface area contributed by atoms with Crippen LogP contribution in [0.5, 0.6) is 0 Å². The second-order valence-corrected chi connectivity index (χ2v) is 12.4. The van der Waals surface area contributed by atoms with Crippen molar-refractivity contribution in [1.29, 1.82) is 5.26 Å². The molecule has 0 unspecified atom stereocenters. The van der Waals surface area contributed by atoms with E-state index in [4.69, 9.17) is 0 Å². The molecular formula is C29H38N2. The minimum atomic E-state index is -0.00696. The van der Waals surface area contributed by atoms with Crippen molar-refractivity contribution in [2.75, 3.05) is 0 Å². The summed E-state index contributed by atoms with van der Waals surface area (Å²) in [6.45, 7) is 15.0. The number of nitriles is 1. The third-order valence-corrected chi connectivity index (χ3v) is 11.5. The molecule has 1 aromatic heterocycles. The molecule has 1 heterocycles. The van der Waals surface area contributed by atoms with Crippen LogP contribution in [-0.4, -0.2) is 4.98 Å². The molecule has 1 aromatic rings. The lowest BCUT2D eigenvalue weighted by Crippen LogP contribution is -2.64. The highest BCUT2D eigenvalue weighted by atomic mass is 14.7. The van der Waals surface area contributed by atoms with Crippen molar-refractivity contribution in [3.8, 4) is 6.07 Å². The molecule has 164 valence electrons. The fourth-order valence-electron chi connectivity index (χ4n) is 8.95. The summed E-state index contributed by atoms with van der Waals surface area (Å²) >= 11 is 0. The Morgan fingerprint density at radius 1 is 1.03 bits per heavy atom. The molecule has 2 heteroatoms. The Labute approximate surface area is 188 Å². The maximum Gasteiger partial charge on any atom is 0.0949 e. The van der Waals surface area contributed by atoms with Crippen molar-refractivity contribution >= 4 is 5.57 Å². The van der Waals surface area contributed by atoms with Crippen LogP contribution in [0.2, 0.25) is 0 Å². The van der Waals surface area contributed by atoms with Gasteiger partial charge in [-0.2, -0.15) is 5.26 Å². The standard InChI is InChI=1S/C29H38N2/c1-20-9-12-29(6)27(4)14-13-25(2)23(21-8-7-15-31-19-21)10-11-26(25,3)24(27)16-22(18-30)28(29,5)17-20/h7-8,10,15-16,19-20,24H,9,11-14,17H2,1-6H3/t20-,24-,25+,26-,27-,28+,29+/m0/s1. The minimum Gasteiger partial charge on any atom is -0.264 e. The molecule has 2 fully saturated rings. The minimum absolute atomic E-state index is 0.00696. The lowest BCUT2D eigenvalue weighted by molar-refractivity contribution is -0.180. The normalized spacial score (nSPS) is 48.5. The fraction of sp³-hybridized carbons (Fsp3) is 0.655. The van der Waals surface area contributed by atoms with Gasteiger partial charge in [0.15, 0.2) is 0 Å². The molecular weight excluding hydrogens is 376 g/mol. The average Bonchev–Trinajstić information content (AvgIpc) is 3.02. The topological polar surface area (TPSA) is 36.7 Å². The molecule has 0 aromatic carbocycles. The molecule has 0 N–H and O–H groups in total. The van der Waals surface area contributed by atoms with E-state index in [1.807, 2.05) is 12.4 Å². The van der Waals surface area contributed by atoms with Gasteiger partial charge in [-0.1, -0.05) is 66.2 Å². The molecule has 4 aliphatic carbocycles. The van der Waals surface area contributed by atoms with Crippen LogP contribution in [0.4, 0.5) is 0 Å². The zero-order chi connectivity index (χ0) is 22.3. The van der Waals surface area contributed by atoms with Gasteiger partial charge in [-0.05, 0) is 82.8 Å². The van der Waals surface area contributed by atoms with Gasteiger partial charge < -0.3 is 0 Å². The summed E-state index contributed by atoms with van der Waals surface area (Å²) in [5, 5.41) is 10.3. The molecule has 2 saturated carbocycles. The van der Waals surface area contributed by atoms with Crippen molar-refractivity contribution in [3.63, 3.8) is 0 Å². The van der Waals surface area contributed by atoms with E-state index in [1.165, 1.54) is 36.8 Å². The Balaban J connectivity index is 1.67. The third-order valence-electron chi connectivity index (χ3n) is 11.5. The first-order valence-corrected chi connectivity index (χ1v) is 12.3. The van der Waals surface area contributed by atoms with Gasteiger partial charge in [0, 0.05) is 23.4 Å². The van der Waals surface area contributed by atoms with Crippen molar-refractivity contribution in [2.24, 2.45) is 38.9 Å². The molecule has 0 aliphatic heterocycles.